The summed E-state index contributed by atoms with van der Waals surface area (Å²) in [7, 11) is -4.05. The highest BCUT2D eigenvalue weighted by molar-refractivity contribution is 7.98. The monoisotopic (exact) mass is 590 g/mol. The maximum Gasteiger partial charge on any atom is 0.264 e. The van der Waals surface area contributed by atoms with Gasteiger partial charge in [0, 0.05) is 27.5 Å². The number of nitrogens with one attached hydrogen (secondary N) is 1. The van der Waals surface area contributed by atoms with Gasteiger partial charge in [0.1, 0.15) is 12.3 Å². The minimum absolute atomic E-state index is 0.0871. The minimum atomic E-state index is -4.05. The van der Waals surface area contributed by atoms with Crippen LogP contribution in [0.5, 0.6) is 5.75 Å². The van der Waals surface area contributed by atoms with Gasteiger partial charge in [-0.25, -0.2) is 13.8 Å². The van der Waals surface area contributed by atoms with Crippen LogP contribution in [0.25, 0.3) is 5.69 Å². The number of hydrogen-bond donors (Lipinski definition) is 1. The van der Waals surface area contributed by atoms with E-state index < -0.39 is 22.5 Å². The molecule has 1 amide bonds. The Labute approximate surface area is 246 Å². The Kier molecular flexibility index (Phi) is 9.57. The maximum absolute atomic E-state index is 13.7. The molecule has 1 heterocycles. The van der Waals surface area contributed by atoms with Crippen molar-refractivity contribution in [2.45, 2.75) is 37.5 Å². The van der Waals surface area contributed by atoms with E-state index in [-0.39, 0.29) is 4.90 Å². The lowest BCUT2D eigenvalue weighted by molar-refractivity contribution is -0.119. The van der Waals surface area contributed by atoms with Crippen LogP contribution in [0.4, 0.5) is 5.69 Å². The van der Waals surface area contributed by atoms with Crippen molar-refractivity contribution in [3.05, 3.63) is 101 Å². The Morgan fingerprint density at radius 2 is 1.66 bits per heavy atom. The first-order valence-electron chi connectivity index (χ1n) is 13.1. The predicted molar refractivity (Wildman–Crippen MR) is 166 cm³/mol. The van der Waals surface area contributed by atoms with Crippen molar-refractivity contribution in [3.63, 3.8) is 0 Å². The Morgan fingerprint density at radius 1 is 1.00 bits per heavy atom. The van der Waals surface area contributed by atoms with Crippen molar-refractivity contribution in [2.24, 2.45) is 5.10 Å². The average Bonchev–Trinajstić information content (AvgIpc) is 3.25. The molecule has 41 heavy (non-hydrogen) atoms. The number of rotatable bonds is 11. The van der Waals surface area contributed by atoms with Crippen LogP contribution >= 0.6 is 11.8 Å². The van der Waals surface area contributed by atoms with Crippen molar-refractivity contribution in [1.29, 1.82) is 0 Å². The molecule has 0 aliphatic heterocycles. The number of hydrazone groups is 1. The van der Waals surface area contributed by atoms with Crippen molar-refractivity contribution in [2.75, 3.05) is 23.7 Å². The summed E-state index contributed by atoms with van der Waals surface area (Å²) in [6.45, 7) is 7.93. The molecule has 0 fully saturated rings. The summed E-state index contributed by atoms with van der Waals surface area (Å²) in [5.41, 5.74) is 7.89. The van der Waals surface area contributed by atoms with Gasteiger partial charge in [-0.05, 0) is 101 Å². The summed E-state index contributed by atoms with van der Waals surface area (Å²) in [4.78, 5) is 14.0. The Morgan fingerprint density at radius 3 is 2.27 bits per heavy atom. The van der Waals surface area contributed by atoms with Crippen molar-refractivity contribution in [1.82, 2.24) is 9.99 Å². The number of benzene rings is 3. The molecule has 8 nitrogen and oxygen atoms in total. The molecule has 214 valence electrons. The van der Waals surface area contributed by atoms with E-state index in [1.807, 2.05) is 40.0 Å². The summed E-state index contributed by atoms with van der Waals surface area (Å²) in [5.74, 6) is 0.0296. The first-order chi connectivity index (χ1) is 19.6. The molecule has 10 heteroatoms. The Bertz CT molecular complexity index is 1630. The van der Waals surface area contributed by atoms with Crippen molar-refractivity contribution in [3.8, 4) is 11.4 Å². The number of anilines is 1. The predicted octanol–water partition coefficient (Wildman–Crippen LogP) is 5.87. The first kappa shape index (κ1) is 30.0. The van der Waals surface area contributed by atoms with Gasteiger partial charge in [-0.2, -0.15) is 5.10 Å². The quantitative estimate of drug-likeness (QED) is 0.134. The number of aryl methyl sites for hydroxylation is 2. The molecule has 3 aromatic carbocycles. The number of aromatic nitrogens is 1. The zero-order chi connectivity index (χ0) is 29.6. The van der Waals surface area contributed by atoms with Crippen LogP contribution in [0.3, 0.4) is 0 Å². The maximum atomic E-state index is 13.7. The van der Waals surface area contributed by atoms with Crippen LogP contribution in [0.1, 0.15) is 29.4 Å². The Hall–Kier alpha value is -4.02. The summed E-state index contributed by atoms with van der Waals surface area (Å²) in [6, 6.07) is 23.4. The number of carbonyl (C=O) groups is 1. The van der Waals surface area contributed by atoms with E-state index in [9.17, 15) is 13.2 Å². The highest BCUT2D eigenvalue weighted by atomic mass is 32.2. The van der Waals surface area contributed by atoms with Gasteiger partial charge >= 0.3 is 0 Å². The highest BCUT2D eigenvalue weighted by Crippen LogP contribution is 2.27. The van der Waals surface area contributed by atoms with E-state index in [1.165, 1.54) is 17.3 Å². The largest absolute Gasteiger partial charge is 0.494 e. The van der Waals surface area contributed by atoms with Crippen LogP contribution < -0.4 is 14.5 Å². The van der Waals surface area contributed by atoms with E-state index in [0.29, 0.717) is 18.0 Å². The second-order valence-corrected chi connectivity index (χ2v) is 12.1. The van der Waals surface area contributed by atoms with Gasteiger partial charge in [-0.15, -0.1) is 11.8 Å². The van der Waals surface area contributed by atoms with Crippen LogP contribution in [0.2, 0.25) is 0 Å². The molecule has 1 N–H and O–H groups in total. The van der Waals surface area contributed by atoms with E-state index in [4.69, 9.17) is 4.74 Å². The third kappa shape index (κ3) is 7.01. The molecule has 1 aromatic heterocycles. The molecule has 0 spiro atoms. The SMILES string of the molecule is CCOc1ccc(N(CC(=O)N/N=C\c2cc(C)n(-c3ccc(C)cc3)c2C)S(=O)(=O)c2ccc(SC)cc2)cc1. The van der Waals surface area contributed by atoms with Gasteiger partial charge in [0.2, 0.25) is 0 Å². The molecule has 0 atom stereocenters. The molecular formula is C31H34N4O4S2. The molecule has 4 aromatic rings. The van der Waals surface area contributed by atoms with Gasteiger partial charge in [-0.3, -0.25) is 9.10 Å². The third-order valence-electron chi connectivity index (χ3n) is 6.53. The molecular weight excluding hydrogens is 556 g/mol. The van der Waals surface area contributed by atoms with Crippen LogP contribution in [0.15, 0.2) is 93.8 Å². The van der Waals surface area contributed by atoms with Crippen molar-refractivity contribution < 1.29 is 17.9 Å². The zero-order valence-electron chi connectivity index (χ0n) is 23.8. The van der Waals surface area contributed by atoms with E-state index in [0.717, 1.165) is 31.8 Å². The lowest BCUT2D eigenvalue weighted by Gasteiger charge is -2.24. The lowest BCUT2D eigenvalue weighted by Crippen LogP contribution is -2.39. The molecule has 0 saturated heterocycles. The van der Waals surface area contributed by atoms with E-state index in [2.05, 4.69) is 39.4 Å². The minimum Gasteiger partial charge on any atom is -0.494 e. The summed E-state index contributed by atoms with van der Waals surface area (Å²) in [5, 5.41) is 4.15. The fourth-order valence-electron chi connectivity index (χ4n) is 4.41. The molecule has 0 saturated carbocycles. The topological polar surface area (TPSA) is 93.0 Å². The van der Waals surface area contributed by atoms with Crippen LogP contribution in [-0.2, 0) is 14.8 Å². The molecule has 0 aliphatic carbocycles. The number of carbonyl (C=O) groups excluding carboxylic acids is 1. The van der Waals surface area contributed by atoms with Gasteiger partial charge < -0.3 is 9.30 Å². The molecule has 0 unspecified atom stereocenters. The van der Waals surface area contributed by atoms with Crippen LogP contribution in [0, 0.1) is 20.8 Å². The second kappa shape index (κ2) is 13.1. The smallest absolute Gasteiger partial charge is 0.264 e. The van der Waals surface area contributed by atoms with Gasteiger partial charge in [0.05, 0.1) is 23.4 Å². The number of amides is 1. The van der Waals surface area contributed by atoms with Gasteiger partial charge in [0.25, 0.3) is 15.9 Å². The molecule has 4 rings (SSSR count). The molecule has 0 bridgehead atoms. The average molecular weight is 591 g/mol. The summed E-state index contributed by atoms with van der Waals surface area (Å²) < 4.78 is 36.0. The number of thioether (sulfide) groups is 1. The molecule has 0 aliphatic rings. The normalized spacial score (nSPS) is 11.5. The van der Waals surface area contributed by atoms with E-state index >= 15 is 0 Å². The summed E-state index contributed by atoms with van der Waals surface area (Å²) >= 11 is 1.52. The zero-order valence-corrected chi connectivity index (χ0v) is 25.4. The van der Waals surface area contributed by atoms with Gasteiger partial charge in [-0.1, -0.05) is 17.7 Å². The van der Waals surface area contributed by atoms with Gasteiger partial charge in [0.15, 0.2) is 0 Å². The summed E-state index contributed by atoms with van der Waals surface area (Å²) in [6.07, 6.45) is 3.49. The van der Waals surface area contributed by atoms with Crippen LogP contribution in [-0.4, -0.2) is 44.5 Å². The van der Waals surface area contributed by atoms with Crippen molar-refractivity contribution >= 4 is 39.6 Å². The van der Waals surface area contributed by atoms with E-state index in [1.54, 1.807) is 54.7 Å². The fraction of sp³-hybridized carbons (Fsp3) is 0.226. The lowest BCUT2D eigenvalue weighted by atomic mass is 10.2. The first-order valence-corrected chi connectivity index (χ1v) is 15.8. The number of ether oxygens (including phenoxy) is 1. The number of sulfonamides is 1. The fourth-order valence-corrected chi connectivity index (χ4v) is 6.24. The highest BCUT2D eigenvalue weighted by Gasteiger charge is 2.27. The number of nitrogens with zero attached hydrogens (tertiary/aromatic N) is 3. The number of hydrogen-bond acceptors (Lipinski definition) is 6. The standard InChI is InChI=1S/C31H34N4O4S2/c1-6-39-28-13-11-26(12-14-28)34(41(37,38)30-17-15-29(40-5)16-18-30)21-31(36)33-32-20-25-19-23(3)35(24(25)4)27-9-7-22(2)8-10-27/h7-20H,6,21H2,1-5H3,(H,33,36)/b32-20-. The third-order valence-corrected chi connectivity index (χ3v) is 9.06. The second-order valence-electron chi connectivity index (χ2n) is 9.40. The molecule has 0 radical (unpaired) electrons. The Balaban J connectivity index is 1.55.